The zero-order chi connectivity index (χ0) is 11.2. The van der Waals surface area contributed by atoms with Crippen molar-refractivity contribution in [3.63, 3.8) is 0 Å². The number of unbranched alkanes of at least 4 members (excludes halogenated alkanes) is 1. The molecule has 0 unspecified atom stereocenters. The Morgan fingerprint density at radius 3 is 2.43 bits per heavy atom. The van der Waals surface area contributed by atoms with Crippen LogP contribution in [0.1, 0.15) is 33.1 Å². The minimum atomic E-state index is -0.823. The van der Waals surface area contributed by atoms with Gasteiger partial charge in [-0.25, -0.2) is 0 Å². The van der Waals surface area contributed by atoms with Gasteiger partial charge in [0, 0.05) is 25.9 Å². The molecule has 0 aromatic carbocycles. The summed E-state index contributed by atoms with van der Waals surface area (Å²) < 4.78 is 0. The van der Waals surface area contributed by atoms with Gasteiger partial charge in [0.05, 0.1) is 5.60 Å². The number of nitrogens with zero attached hydrogens (tertiary/aromatic N) is 1. The molecule has 84 valence electrons. The highest BCUT2D eigenvalue weighted by Crippen LogP contribution is 2.06. The average Bonchev–Trinajstić information content (AvgIpc) is 2.01. The van der Waals surface area contributed by atoms with E-state index in [0.717, 1.165) is 12.8 Å². The van der Waals surface area contributed by atoms with Crippen molar-refractivity contribution in [1.29, 1.82) is 0 Å². The zero-order valence-electron chi connectivity index (χ0n) is 9.22. The van der Waals surface area contributed by atoms with Crippen LogP contribution in [0.2, 0.25) is 0 Å². The fourth-order valence-electron chi connectivity index (χ4n) is 1.23. The maximum Gasteiger partial charge on any atom is 0.222 e. The van der Waals surface area contributed by atoms with Gasteiger partial charge >= 0.3 is 0 Å². The van der Waals surface area contributed by atoms with Crippen LogP contribution >= 0.6 is 11.6 Å². The lowest BCUT2D eigenvalue weighted by molar-refractivity contribution is -0.132. The summed E-state index contributed by atoms with van der Waals surface area (Å²) in [6, 6.07) is 0. The van der Waals surface area contributed by atoms with Gasteiger partial charge < -0.3 is 10.0 Å². The molecular weight excluding hydrogens is 202 g/mol. The first-order valence-electron chi connectivity index (χ1n) is 4.89. The van der Waals surface area contributed by atoms with Gasteiger partial charge in [0.15, 0.2) is 0 Å². The predicted molar refractivity (Wildman–Crippen MR) is 58.5 cm³/mol. The third-order valence-corrected chi connectivity index (χ3v) is 2.09. The first kappa shape index (κ1) is 13.7. The minimum Gasteiger partial charge on any atom is -0.389 e. The number of amides is 1. The Morgan fingerprint density at radius 1 is 1.43 bits per heavy atom. The van der Waals surface area contributed by atoms with E-state index in [0.29, 0.717) is 18.8 Å². The molecule has 0 saturated carbocycles. The van der Waals surface area contributed by atoms with Crippen molar-refractivity contribution in [1.82, 2.24) is 4.90 Å². The molecule has 0 radical (unpaired) electrons. The average molecular weight is 222 g/mol. The molecule has 0 spiro atoms. The quantitative estimate of drug-likeness (QED) is 0.547. The van der Waals surface area contributed by atoms with Crippen LogP contribution in [0.3, 0.4) is 0 Å². The lowest BCUT2D eigenvalue weighted by Crippen LogP contribution is -2.39. The van der Waals surface area contributed by atoms with Crippen molar-refractivity contribution in [2.24, 2.45) is 0 Å². The van der Waals surface area contributed by atoms with E-state index in [4.69, 9.17) is 11.6 Å². The molecule has 3 nitrogen and oxygen atoms in total. The second kappa shape index (κ2) is 6.25. The Bertz CT molecular complexity index is 177. The van der Waals surface area contributed by atoms with Gasteiger partial charge in [0.25, 0.3) is 0 Å². The molecule has 4 heteroatoms. The van der Waals surface area contributed by atoms with Crippen LogP contribution in [0, 0.1) is 0 Å². The summed E-state index contributed by atoms with van der Waals surface area (Å²) in [4.78, 5) is 13.0. The highest BCUT2D eigenvalue weighted by molar-refractivity contribution is 6.17. The third kappa shape index (κ3) is 7.15. The molecule has 14 heavy (non-hydrogen) atoms. The summed E-state index contributed by atoms with van der Waals surface area (Å²) in [6.45, 7) is 3.75. The Balaban J connectivity index is 3.77. The fraction of sp³-hybridized carbons (Fsp3) is 0.900. The molecule has 0 aliphatic heterocycles. The Morgan fingerprint density at radius 2 is 2.00 bits per heavy atom. The number of halogens is 1. The Hall–Kier alpha value is -0.280. The van der Waals surface area contributed by atoms with Crippen LogP contribution in [0.15, 0.2) is 0 Å². The lowest BCUT2D eigenvalue weighted by Gasteiger charge is -2.25. The summed E-state index contributed by atoms with van der Waals surface area (Å²) >= 11 is 5.51. The molecule has 0 heterocycles. The van der Waals surface area contributed by atoms with E-state index in [2.05, 4.69) is 0 Å². The standard InChI is InChI=1S/C10H20ClNO2/c1-10(2,14)8-12(3)9(13)6-4-5-7-11/h14H,4-8H2,1-3H3. The maximum atomic E-state index is 11.5. The summed E-state index contributed by atoms with van der Waals surface area (Å²) in [5, 5.41) is 9.49. The zero-order valence-corrected chi connectivity index (χ0v) is 9.97. The van der Waals surface area contributed by atoms with Crippen LogP contribution in [0.4, 0.5) is 0 Å². The predicted octanol–water partition coefficient (Wildman–Crippen LogP) is 1.62. The smallest absolute Gasteiger partial charge is 0.222 e. The topological polar surface area (TPSA) is 40.5 Å². The molecule has 0 rings (SSSR count). The summed E-state index contributed by atoms with van der Waals surface area (Å²) in [5.74, 6) is 0.667. The van der Waals surface area contributed by atoms with Crippen molar-refractivity contribution in [2.75, 3.05) is 19.5 Å². The van der Waals surface area contributed by atoms with Crippen LogP contribution in [-0.2, 0) is 4.79 Å². The number of aliphatic hydroxyl groups is 1. The van der Waals surface area contributed by atoms with E-state index in [1.165, 1.54) is 0 Å². The van der Waals surface area contributed by atoms with Gasteiger partial charge in [-0.1, -0.05) is 0 Å². The van der Waals surface area contributed by atoms with E-state index in [1.54, 1.807) is 25.8 Å². The highest BCUT2D eigenvalue weighted by atomic mass is 35.5. The lowest BCUT2D eigenvalue weighted by atomic mass is 10.1. The second-order valence-corrected chi connectivity index (χ2v) is 4.59. The minimum absolute atomic E-state index is 0.0669. The maximum absolute atomic E-state index is 11.5. The molecule has 1 amide bonds. The monoisotopic (exact) mass is 221 g/mol. The third-order valence-electron chi connectivity index (χ3n) is 1.82. The highest BCUT2D eigenvalue weighted by Gasteiger charge is 2.18. The van der Waals surface area contributed by atoms with E-state index >= 15 is 0 Å². The summed E-state index contributed by atoms with van der Waals surface area (Å²) in [6.07, 6.45) is 2.20. The summed E-state index contributed by atoms with van der Waals surface area (Å²) in [5.41, 5.74) is -0.823. The van der Waals surface area contributed by atoms with Crippen LogP contribution in [0.5, 0.6) is 0 Å². The molecule has 0 aliphatic rings. The van der Waals surface area contributed by atoms with E-state index in [-0.39, 0.29) is 5.91 Å². The SMILES string of the molecule is CN(CC(C)(C)O)C(=O)CCCCCl. The largest absolute Gasteiger partial charge is 0.389 e. The van der Waals surface area contributed by atoms with Crippen molar-refractivity contribution < 1.29 is 9.90 Å². The number of carbonyl (C=O) groups is 1. The molecule has 0 bridgehead atoms. The van der Waals surface area contributed by atoms with E-state index in [9.17, 15) is 9.90 Å². The summed E-state index contributed by atoms with van der Waals surface area (Å²) in [7, 11) is 1.71. The van der Waals surface area contributed by atoms with Crippen molar-refractivity contribution >= 4 is 17.5 Å². The molecule has 0 fully saturated rings. The number of hydrogen-bond donors (Lipinski definition) is 1. The van der Waals surface area contributed by atoms with Crippen LogP contribution in [0.25, 0.3) is 0 Å². The van der Waals surface area contributed by atoms with Crippen LogP contribution in [-0.4, -0.2) is 41.0 Å². The van der Waals surface area contributed by atoms with Gasteiger partial charge in [-0.2, -0.15) is 0 Å². The number of carbonyl (C=O) groups excluding carboxylic acids is 1. The number of likely N-dealkylation sites (N-methyl/N-ethyl adjacent to an activating group) is 1. The van der Waals surface area contributed by atoms with Crippen molar-refractivity contribution in [3.05, 3.63) is 0 Å². The molecule has 1 N–H and O–H groups in total. The van der Waals surface area contributed by atoms with Gasteiger partial charge in [0.2, 0.25) is 5.91 Å². The Kier molecular flexibility index (Phi) is 6.12. The molecule has 0 aromatic rings. The number of hydrogen-bond acceptors (Lipinski definition) is 2. The number of alkyl halides is 1. The van der Waals surface area contributed by atoms with Gasteiger partial charge in [-0.15, -0.1) is 11.6 Å². The molecular formula is C10H20ClNO2. The first-order valence-corrected chi connectivity index (χ1v) is 5.42. The van der Waals surface area contributed by atoms with Gasteiger partial charge in [-0.05, 0) is 26.7 Å². The molecule has 0 aliphatic carbocycles. The van der Waals surface area contributed by atoms with Gasteiger partial charge in [0.1, 0.15) is 0 Å². The van der Waals surface area contributed by atoms with E-state index < -0.39 is 5.60 Å². The molecule has 0 aromatic heterocycles. The van der Waals surface area contributed by atoms with Crippen LogP contribution < -0.4 is 0 Å². The van der Waals surface area contributed by atoms with E-state index in [1.807, 2.05) is 0 Å². The normalized spacial score (nSPS) is 11.5. The second-order valence-electron chi connectivity index (χ2n) is 4.21. The van der Waals surface area contributed by atoms with Crippen molar-refractivity contribution in [3.8, 4) is 0 Å². The molecule has 0 atom stereocenters. The number of rotatable bonds is 6. The Labute approximate surface area is 91.0 Å². The fourth-order valence-corrected chi connectivity index (χ4v) is 1.42. The first-order chi connectivity index (χ1) is 6.37. The van der Waals surface area contributed by atoms with Crippen molar-refractivity contribution in [2.45, 2.75) is 38.7 Å². The molecule has 0 saturated heterocycles. The van der Waals surface area contributed by atoms with Gasteiger partial charge in [-0.3, -0.25) is 4.79 Å².